The first kappa shape index (κ1) is 22.1. The highest BCUT2D eigenvalue weighted by atomic mass is 32.2. The van der Waals surface area contributed by atoms with Crippen LogP contribution in [0.1, 0.15) is 21.5 Å². The number of amides is 2. The van der Waals surface area contributed by atoms with Crippen molar-refractivity contribution in [2.45, 2.75) is 18.2 Å². The Morgan fingerprint density at radius 3 is 2.53 bits per heavy atom. The highest BCUT2D eigenvalue weighted by molar-refractivity contribution is 8.00. The van der Waals surface area contributed by atoms with Gasteiger partial charge in [0.25, 0.3) is 5.91 Å². The zero-order chi connectivity index (χ0) is 22.3. The van der Waals surface area contributed by atoms with Crippen LogP contribution >= 0.6 is 23.1 Å². The third-order valence-electron chi connectivity index (χ3n) is 5.07. The molecule has 0 saturated heterocycles. The van der Waals surface area contributed by atoms with Crippen molar-refractivity contribution >= 4 is 50.7 Å². The van der Waals surface area contributed by atoms with Gasteiger partial charge in [-0.15, -0.1) is 23.1 Å². The van der Waals surface area contributed by atoms with E-state index >= 15 is 0 Å². The number of nitrogens with one attached hydrogen (secondary N) is 2. The first-order valence-corrected chi connectivity index (χ1v) is 12.3. The van der Waals surface area contributed by atoms with Gasteiger partial charge in [-0.1, -0.05) is 48.0 Å². The third kappa shape index (κ3) is 5.58. The van der Waals surface area contributed by atoms with E-state index in [9.17, 15) is 9.59 Å². The Kier molecular flexibility index (Phi) is 7.24. The van der Waals surface area contributed by atoms with Crippen LogP contribution in [0, 0.1) is 6.92 Å². The number of aryl methyl sites for hydroxylation is 1. The lowest BCUT2D eigenvalue weighted by atomic mass is 10.1. The summed E-state index contributed by atoms with van der Waals surface area (Å²) in [6.07, 6.45) is 0.782. The average Bonchev–Trinajstić information content (AvgIpc) is 3.22. The van der Waals surface area contributed by atoms with Gasteiger partial charge in [-0.3, -0.25) is 9.59 Å². The first-order chi connectivity index (χ1) is 15.6. The molecule has 0 unspecified atom stereocenters. The molecular weight excluding hydrogens is 436 g/mol. The summed E-state index contributed by atoms with van der Waals surface area (Å²) >= 11 is 3.10. The summed E-state index contributed by atoms with van der Waals surface area (Å²) in [6, 6.07) is 23.4. The second-order valence-electron chi connectivity index (χ2n) is 7.46. The molecule has 0 aliphatic heterocycles. The van der Waals surface area contributed by atoms with E-state index in [4.69, 9.17) is 0 Å². The van der Waals surface area contributed by atoms with Gasteiger partial charge in [0.1, 0.15) is 0 Å². The van der Waals surface area contributed by atoms with Crippen LogP contribution in [0.2, 0.25) is 0 Å². The largest absolute Gasteiger partial charge is 0.352 e. The Labute approximate surface area is 196 Å². The maximum absolute atomic E-state index is 12.8. The Morgan fingerprint density at radius 2 is 1.69 bits per heavy atom. The summed E-state index contributed by atoms with van der Waals surface area (Å²) in [5, 5.41) is 9.33. The number of fused-ring (bicyclic) bond motifs is 1. The summed E-state index contributed by atoms with van der Waals surface area (Å²) in [6.45, 7) is 2.57. The molecule has 0 fully saturated rings. The summed E-state index contributed by atoms with van der Waals surface area (Å²) in [7, 11) is 0. The molecule has 0 radical (unpaired) electrons. The van der Waals surface area contributed by atoms with E-state index in [2.05, 4.69) is 28.1 Å². The zero-order valence-corrected chi connectivity index (χ0v) is 19.4. The highest BCUT2D eigenvalue weighted by Gasteiger charge is 2.13. The number of rotatable bonds is 8. The van der Waals surface area contributed by atoms with Gasteiger partial charge in [0.2, 0.25) is 5.91 Å². The SMILES string of the molecule is Cc1ccc(NC(=O)CSc2ccccc2C(=O)NCCc2csc3ccccc23)cc1. The summed E-state index contributed by atoms with van der Waals surface area (Å²) in [5.74, 6) is 0.0176. The molecule has 3 aromatic carbocycles. The maximum Gasteiger partial charge on any atom is 0.252 e. The van der Waals surface area contributed by atoms with E-state index in [0.29, 0.717) is 12.1 Å². The third-order valence-corrected chi connectivity index (χ3v) is 7.15. The van der Waals surface area contributed by atoms with Crippen molar-refractivity contribution in [3.63, 3.8) is 0 Å². The smallest absolute Gasteiger partial charge is 0.252 e. The Hall–Kier alpha value is -3.09. The molecule has 4 aromatic rings. The van der Waals surface area contributed by atoms with Gasteiger partial charge in [0.05, 0.1) is 11.3 Å². The Bertz CT molecular complexity index is 1230. The van der Waals surface area contributed by atoms with Crippen molar-refractivity contribution in [3.8, 4) is 0 Å². The number of anilines is 1. The predicted octanol–water partition coefficient (Wildman–Crippen LogP) is 5.91. The number of thioether (sulfide) groups is 1. The lowest BCUT2D eigenvalue weighted by Gasteiger charge is -2.10. The van der Waals surface area contributed by atoms with Gasteiger partial charge in [-0.25, -0.2) is 0 Å². The van der Waals surface area contributed by atoms with Gasteiger partial charge in [-0.05, 0) is 60.0 Å². The molecule has 32 heavy (non-hydrogen) atoms. The van der Waals surface area contributed by atoms with Gasteiger partial charge in [0.15, 0.2) is 0 Å². The topological polar surface area (TPSA) is 58.2 Å². The van der Waals surface area contributed by atoms with Crippen molar-refractivity contribution in [2.24, 2.45) is 0 Å². The molecule has 0 aliphatic rings. The molecule has 1 aromatic heterocycles. The van der Waals surface area contributed by atoms with Crippen molar-refractivity contribution in [1.29, 1.82) is 0 Å². The molecule has 0 spiro atoms. The number of thiophene rings is 1. The number of benzene rings is 3. The molecule has 2 amide bonds. The van der Waals surface area contributed by atoms with E-state index in [-0.39, 0.29) is 17.6 Å². The Morgan fingerprint density at radius 1 is 0.938 bits per heavy atom. The van der Waals surface area contributed by atoms with E-state index in [0.717, 1.165) is 22.6 Å². The fraction of sp³-hybridized carbons (Fsp3) is 0.154. The van der Waals surface area contributed by atoms with E-state index < -0.39 is 0 Å². The monoisotopic (exact) mass is 460 g/mol. The zero-order valence-electron chi connectivity index (χ0n) is 17.8. The van der Waals surface area contributed by atoms with Crippen LogP contribution in [0.3, 0.4) is 0 Å². The molecule has 6 heteroatoms. The number of hydrogen-bond donors (Lipinski definition) is 2. The molecular formula is C26H24N2O2S2. The quantitative estimate of drug-likeness (QED) is 0.321. The molecule has 0 saturated carbocycles. The lowest BCUT2D eigenvalue weighted by molar-refractivity contribution is -0.113. The van der Waals surface area contributed by atoms with Crippen LogP contribution in [0.15, 0.2) is 83.1 Å². The molecule has 0 atom stereocenters. The molecule has 2 N–H and O–H groups in total. The first-order valence-electron chi connectivity index (χ1n) is 10.4. The average molecular weight is 461 g/mol. The summed E-state index contributed by atoms with van der Waals surface area (Å²) in [4.78, 5) is 25.9. The molecule has 1 heterocycles. The normalized spacial score (nSPS) is 10.8. The predicted molar refractivity (Wildman–Crippen MR) is 135 cm³/mol. The fourth-order valence-corrected chi connectivity index (χ4v) is 5.24. The standard InChI is InChI=1S/C26H24N2O2S2/c1-18-10-12-20(13-11-18)28-25(29)17-32-24-9-5-3-7-22(24)26(30)27-15-14-19-16-31-23-8-4-2-6-21(19)23/h2-13,16H,14-15,17H2,1H3,(H,27,30)(H,28,29). The van der Waals surface area contributed by atoms with Crippen molar-refractivity contribution < 1.29 is 9.59 Å². The second kappa shape index (κ2) is 10.5. The van der Waals surface area contributed by atoms with Crippen LogP contribution in [0.25, 0.3) is 10.1 Å². The minimum atomic E-state index is -0.119. The summed E-state index contributed by atoms with van der Waals surface area (Å²) < 4.78 is 1.26. The van der Waals surface area contributed by atoms with Crippen LogP contribution in [-0.4, -0.2) is 24.1 Å². The van der Waals surface area contributed by atoms with Gasteiger partial charge in [-0.2, -0.15) is 0 Å². The van der Waals surface area contributed by atoms with E-state index in [1.165, 1.54) is 27.4 Å². The van der Waals surface area contributed by atoms with Gasteiger partial charge < -0.3 is 10.6 Å². The Balaban J connectivity index is 1.32. The molecule has 0 aliphatic carbocycles. The van der Waals surface area contributed by atoms with Crippen molar-refractivity contribution in [2.75, 3.05) is 17.6 Å². The molecule has 4 nitrogen and oxygen atoms in total. The van der Waals surface area contributed by atoms with Gasteiger partial charge in [0, 0.05) is 21.8 Å². The van der Waals surface area contributed by atoms with Crippen molar-refractivity contribution in [1.82, 2.24) is 5.32 Å². The minimum absolute atomic E-state index is 0.0987. The second-order valence-corrected chi connectivity index (χ2v) is 9.39. The van der Waals surface area contributed by atoms with Crippen LogP contribution in [0.5, 0.6) is 0 Å². The fourth-order valence-electron chi connectivity index (χ4n) is 3.39. The number of hydrogen-bond acceptors (Lipinski definition) is 4. The maximum atomic E-state index is 12.8. The summed E-state index contributed by atoms with van der Waals surface area (Å²) in [5.41, 5.74) is 3.76. The number of carbonyl (C=O) groups is 2. The van der Waals surface area contributed by atoms with Crippen LogP contribution in [0.4, 0.5) is 5.69 Å². The van der Waals surface area contributed by atoms with Crippen LogP contribution in [-0.2, 0) is 11.2 Å². The van der Waals surface area contributed by atoms with Crippen LogP contribution < -0.4 is 10.6 Å². The molecule has 4 rings (SSSR count). The van der Waals surface area contributed by atoms with Crippen molar-refractivity contribution in [3.05, 3.63) is 94.9 Å². The highest BCUT2D eigenvalue weighted by Crippen LogP contribution is 2.26. The minimum Gasteiger partial charge on any atom is -0.352 e. The number of carbonyl (C=O) groups excluding carboxylic acids is 2. The molecule has 0 bridgehead atoms. The molecule has 162 valence electrons. The lowest BCUT2D eigenvalue weighted by Crippen LogP contribution is -2.26. The van der Waals surface area contributed by atoms with E-state index in [1.807, 2.05) is 61.5 Å². The van der Waals surface area contributed by atoms with Gasteiger partial charge >= 0.3 is 0 Å². The van der Waals surface area contributed by atoms with E-state index in [1.54, 1.807) is 17.4 Å².